The van der Waals surface area contributed by atoms with E-state index in [1.54, 1.807) is 0 Å². The number of rotatable bonds is 4. The molecule has 0 fully saturated rings. The smallest absolute Gasteiger partial charge is 0.223 e. The lowest BCUT2D eigenvalue weighted by atomic mass is 10.4. The summed E-state index contributed by atoms with van der Waals surface area (Å²) < 4.78 is 0. The number of allylic oxidation sites excluding steroid dienone is 1. The van der Waals surface area contributed by atoms with Crippen molar-refractivity contribution in [1.82, 2.24) is 0 Å². The Kier molecular flexibility index (Phi) is 3.45. The Hall–Kier alpha value is -0.863. The fraction of sp³-hybridized carbons (Fsp3) is 0.273. The molecule has 1 rings (SSSR count). The first-order chi connectivity index (χ1) is 6.23. The van der Waals surface area contributed by atoms with Crippen LogP contribution in [0.1, 0.15) is 6.92 Å². The van der Waals surface area contributed by atoms with E-state index in [9.17, 15) is 4.80 Å². The summed E-state index contributed by atoms with van der Waals surface area (Å²) in [4.78, 5) is 10.4. The standard InChI is InChI=1S/C11H16OSi/c1-3-10-13(12,4-2)11-8-6-5-7-9-11/h3,5-9,12H,1,4,10H2,2H3. The minimum atomic E-state index is -2.22. The van der Waals surface area contributed by atoms with Gasteiger partial charge in [0, 0.05) is 0 Å². The second kappa shape index (κ2) is 4.39. The van der Waals surface area contributed by atoms with Gasteiger partial charge < -0.3 is 4.80 Å². The van der Waals surface area contributed by atoms with Gasteiger partial charge >= 0.3 is 0 Å². The van der Waals surface area contributed by atoms with Gasteiger partial charge in [-0.3, -0.25) is 0 Å². The average molecular weight is 192 g/mol. The van der Waals surface area contributed by atoms with Crippen molar-refractivity contribution in [3.05, 3.63) is 43.0 Å². The molecule has 0 heterocycles. The summed E-state index contributed by atoms with van der Waals surface area (Å²) in [6, 6.07) is 11.6. The van der Waals surface area contributed by atoms with Crippen LogP contribution >= 0.6 is 0 Å². The van der Waals surface area contributed by atoms with Crippen molar-refractivity contribution in [3.63, 3.8) is 0 Å². The molecule has 1 unspecified atom stereocenters. The number of hydrogen-bond donors (Lipinski definition) is 1. The first-order valence-electron chi connectivity index (χ1n) is 4.62. The molecule has 1 N–H and O–H groups in total. The van der Waals surface area contributed by atoms with Gasteiger partial charge in [0.15, 0.2) is 0 Å². The van der Waals surface area contributed by atoms with E-state index in [-0.39, 0.29) is 0 Å². The van der Waals surface area contributed by atoms with Gasteiger partial charge in [0.05, 0.1) is 0 Å². The Morgan fingerprint density at radius 2 is 2.00 bits per heavy atom. The van der Waals surface area contributed by atoms with Crippen molar-refractivity contribution in [1.29, 1.82) is 0 Å². The molecule has 0 amide bonds. The normalized spacial score (nSPS) is 14.9. The Morgan fingerprint density at radius 3 is 2.46 bits per heavy atom. The molecule has 0 bridgehead atoms. The third kappa shape index (κ3) is 2.29. The fourth-order valence-corrected chi connectivity index (χ4v) is 3.68. The molecule has 0 saturated carbocycles. The second-order valence-electron chi connectivity index (χ2n) is 3.24. The SMILES string of the molecule is C=CC[Si](O)(CC)c1ccccc1. The summed E-state index contributed by atoms with van der Waals surface area (Å²) in [7, 11) is -2.22. The van der Waals surface area contributed by atoms with Gasteiger partial charge in [-0.05, 0) is 17.3 Å². The molecule has 1 aromatic carbocycles. The molecular formula is C11H16OSi. The average Bonchev–Trinajstić information content (AvgIpc) is 2.19. The quantitative estimate of drug-likeness (QED) is 0.572. The van der Waals surface area contributed by atoms with Crippen LogP contribution in [0.5, 0.6) is 0 Å². The topological polar surface area (TPSA) is 20.2 Å². The van der Waals surface area contributed by atoms with Gasteiger partial charge in [-0.1, -0.05) is 43.3 Å². The van der Waals surface area contributed by atoms with Crippen LogP contribution in [0.4, 0.5) is 0 Å². The molecule has 13 heavy (non-hydrogen) atoms. The van der Waals surface area contributed by atoms with E-state index in [0.717, 1.165) is 17.3 Å². The molecule has 1 atom stereocenters. The van der Waals surface area contributed by atoms with Crippen LogP contribution in [0, 0.1) is 0 Å². The zero-order valence-corrected chi connectivity index (χ0v) is 9.03. The molecule has 0 spiro atoms. The third-order valence-electron chi connectivity index (χ3n) is 2.38. The maximum Gasteiger partial charge on any atom is 0.223 e. The summed E-state index contributed by atoms with van der Waals surface area (Å²) in [5, 5.41) is 1.11. The highest BCUT2D eigenvalue weighted by molar-refractivity contribution is 6.85. The molecule has 0 saturated heterocycles. The number of hydrogen-bond acceptors (Lipinski definition) is 1. The highest BCUT2D eigenvalue weighted by Gasteiger charge is 2.29. The van der Waals surface area contributed by atoms with E-state index in [1.165, 1.54) is 0 Å². The van der Waals surface area contributed by atoms with Gasteiger partial charge in [0.1, 0.15) is 0 Å². The van der Waals surface area contributed by atoms with Crippen molar-refractivity contribution >= 4 is 13.5 Å². The van der Waals surface area contributed by atoms with Crippen LogP contribution in [0.25, 0.3) is 0 Å². The van der Waals surface area contributed by atoms with Gasteiger partial charge in [0.2, 0.25) is 8.32 Å². The van der Waals surface area contributed by atoms with Gasteiger partial charge in [-0.2, -0.15) is 0 Å². The maximum absolute atomic E-state index is 10.4. The minimum Gasteiger partial charge on any atom is -0.427 e. The highest BCUT2D eigenvalue weighted by Crippen LogP contribution is 2.11. The molecule has 0 aromatic heterocycles. The third-order valence-corrected chi connectivity index (χ3v) is 5.92. The summed E-state index contributed by atoms with van der Waals surface area (Å²) >= 11 is 0. The van der Waals surface area contributed by atoms with E-state index in [2.05, 4.69) is 6.58 Å². The van der Waals surface area contributed by atoms with E-state index >= 15 is 0 Å². The lowest BCUT2D eigenvalue weighted by molar-refractivity contribution is 0.553. The monoisotopic (exact) mass is 192 g/mol. The van der Waals surface area contributed by atoms with Crippen molar-refractivity contribution in [2.45, 2.75) is 19.0 Å². The van der Waals surface area contributed by atoms with Gasteiger partial charge in [-0.15, -0.1) is 6.58 Å². The largest absolute Gasteiger partial charge is 0.427 e. The van der Waals surface area contributed by atoms with Crippen LogP contribution in [0.3, 0.4) is 0 Å². The Bertz CT molecular complexity index is 271. The zero-order chi connectivity index (χ0) is 9.73. The van der Waals surface area contributed by atoms with E-state index in [4.69, 9.17) is 0 Å². The second-order valence-corrected chi connectivity index (χ2v) is 7.00. The van der Waals surface area contributed by atoms with Crippen LogP contribution in [-0.4, -0.2) is 13.1 Å². The lowest BCUT2D eigenvalue weighted by Crippen LogP contribution is -2.46. The predicted octanol–water partition coefficient (Wildman–Crippen LogP) is 2.04. The molecule has 1 nitrogen and oxygen atoms in total. The van der Waals surface area contributed by atoms with E-state index in [0.29, 0.717) is 0 Å². The molecule has 0 aliphatic heterocycles. The summed E-state index contributed by atoms with van der Waals surface area (Å²) in [5.74, 6) is 0. The van der Waals surface area contributed by atoms with Crippen LogP contribution in [-0.2, 0) is 0 Å². The summed E-state index contributed by atoms with van der Waals surface area (Å²) in [6.07, 6.45) is 1.82. The molecule has 0 aliphatic rings. The first kappa shape index (κ1) is 10.2. The molecule has 1 aromatic rings. The van der Waals surface area contributed by atoms with Gasteiger partial charge in [-0.25, -0.2) is 0 Å². The van der Waals surface area contributed by atoms with E-state index < -0.39 is 8.32 Å². The lowest BCUT2D eigenvalue weighted by Gasteiger charge is -2.22. The van der Waals surface area contributed by atoms with Gasteiger partial charge in [0.25, 0.3) is 0 Å². The van der Waals surface area contributed by atoms with Crippen molar-refractivity contribution in [3.8, 4) is 0 Å². The highest BCUT2D eigenvalue weighted by atomic mass is 28.4. The van der Waals surface area contributed by atoms with Crippen LogP contribution in [0.15, 0.2) is 43.0 Å². The molecule has 0 radical (unpaired) electrons. The molecule has 70 valence electrons. The molecule has 2 heteroatoms. The maximum atomic E-state index is 10.4. The molecule has 0 aliphatic carbocycles. The molecular weight excluding hydrogens is 176 g/mol. The van der Waals surface area contributed by atoms with Crippen LogP contribution < -0.4 is 5.19 Å². The summed E-state index contributed by atoms with van der Waals surface area (Å²) in [6.45, 7) is 5.74. The fourth-order valence-electron chi connectivity index (χ4n) is 1.45. The van der Waals surface area contributed by atoms with Crippen LogP contribution in [0.2, 0.25) is 12.1 Å². The summed E-state index contributed by atoms with van der Waals surface area (Å²) in [5.41, 5.74) is 0. The predicted molar refractivity (Wildman–Crippen MR) is 59.5 cm³/mol. The Labute approximate surface area is 80.9 Å². The Balaban J connectivity index is 2.95. The van der Waals surface area contributed by atoms with Crippen molar-refractivity contribution < 1.29 is 4.80 Å². The van der Waals surface area contributed by atoms with E-state index in [1.807, 2.05) is 43.3 Å². The zero-order valence-electron chi connectivity index (χ0n) is 8.03. The first-order valence-corrected chi connectivity index (χ1v) is 6.98. The number of benzene rings is 1. The van der Waals surface area contributed by atoms with Crippen molar-refractivity contribution in [2.75, 3.05) is 0 Å². The minimum absolute atomic E-state index is 0.744. The Morgan fingerprint density at radius 1 is 1.38 bits per heavy atom. The van der Waals surface area contributed by atoms with Crippen molar-refractivity contribution in [2.24, 2.45) is 0 Å².